The van der Waals surface area contributed by atoms with E-state index in [0.29, 0.717) is 36.0 Å². The van der Waals surface area contributed by atoms with Gasteiger partial charge in [0.1, 0.15) is 5.82 Å². The zero-order valence-electron chi connectivity index (χ0n) is 11.9. The van der Waals surface area contributed by atoms with E-state index in [4.69, 9.17) is 4.84 Å². The summed E-state index contributed by atoms with van der Waals surface area (Å²) in [5, 5.41) is 0. The van der Waals surface area contributed by atoms with Crippen LogP contribution in [0, 0.1) is 19.8 Å². The molecular weight excluding hydrogens is 246 g/mol. The summed E-state index contributed by atoms with van der Waals surface area (Å²) < 4.78 is 0. The minimum Gasteiger partial charge on any atom is -0.311 e. The molecule has 0 bridgehead atoms. The highest BCUT2D eigenvalue weighted by atomic mass is 16.6. The average molecular weight is 267 g/mol. The molecule has 0 atom stereocenters. The zero-order chi connectivity index (χ0) is 14.4. The first kappa shape index (κ1) is 15.4. The van der Waals surface area contributed by atoms with E-state index in [1.54, 1.807) is 13.8 Å². The summed E-state index contributed by atoms with van der Waals surface area (Å²) >= 11 is 0. The van der Waals surface area contributed by atoms with Gasteiger partial charge in [0.25, 0.3) is 5.56 Å². The van der Waals surface area contributed by atoms with E-state index in [-0.39, 0.29) is 17.9 Å². The lowest BCUT2D eigenvalue weighted by atomic mass is 10.1. The van der Waals surface area contributed by atoms with E-state index in [1.807, 2.05) is 13.8 Å². The first-order valence-electron chi connectivity index (χ1n) is 6.37. The third kappa shape index (κ3) is 5.21. The van der Waals surface area contributed by atoms with Gasteiger partial charge < -0.3 is 4.98 Å². The van der Waals surface area contributed by atoms with Gasteiger partial charge in [-0.2, -0.15) is 0 Å². The summed E-state index contributed by atoms with van der Waals surface area (Å²) in [6.07, 6.45) is 0.554. The molecule has 0 saturated carbocycles. The van der Waals surface area contributed by atoms with Crippen LogP contribution in [0.2, 0.25) is 0 Å². The number of hydroxylamine groups is 1. The predicted octanol–water partition coefficient (Wildman–Crippen LogP) is 1.02. The normalized spacial score (nSPS) is 10.8. The first-order valence-corrected chi connectivity index (χ1v) is 6.37. The number of carbonyl (C=O) groups excluding carboxylic acids is 1. The standard InChI is InChI=1S/C13H21N3O3/c1-8(2)7-19-16-12(17)6-5-11-9(3)14-10(4)15-13(11)18/h8H,5-7H2,1-4H3,(H,16,17)(H,14,15,18). The Morgan fingerprint density at radius 1 is 1.42 bits per heavy atom. The molecule has 6 nitrogen and oxygen atoms in total. The SMILES string of the molecule is Cc1nc(C)c(CCC(=O)NOCC(C)C)c(=O)[nH]1. The number of aromatic nitrogens is 2. The van der Waals surface area contributed by atoms with Crippen molar-refractivity contribution in [3.8, 4) is 0 Å². The average Bonchev–Trinajstić information content (AvgIpc) is 2.26. The second-order valence-corrected chi connectivity index (χ2v) is 4.95. The van der Waals surface area contributed by atoms with Crippen LogP contribution in [0.4, 0.5) is 0 Å². The molecule has 0 fully saturated rings. The van der Waals surface area contributed by atoms with Crippen molar-refractivity contribution in [2.75, 3.05) is 6.61 Å². The zero-order valence-corrected chi connectivity index (χ0v) is 11.9. The van der Waals surface area contributed by atoms with Crippen molar-refractivity contribution in [2.24, 2.45) is 5.92 Å². The van der Waals surface area contributed by atoms with Crippen molar-refractivity contribution in [1.82, 2.24) is 15.4 Å². The molecular formula is C13H21N3O3. The second-order valence-electron chi connectivity index (χ2n) is 4.95. The largest absolute Gasteiger partial charge is 0.311 e. The molecule has 1 amide bonds. The molecule has 0 unspecified atom stereocenters. The summed E-state index contributed by atoms with van der Waals surface area (Å²) in [7, 11) is 0. The molecule has 0 aliphatic rings. The summed E-state index contributed by atoms with van der Waals surface area (Å²) in [5.41, 5.74) is 3.39. The van der Waals surface area contributed by atoms with Gasteiger partial charge in [0.05, 0.1) is 6.61 Å². The predicted molar refractivity (Wildman–Crippen MR) is 71.6 cm³/mol. The molecule has 0 aromatic carbocycles. The van der Waals surface area contributed by atoms with Crippen LogP contribution in [0.1, 0.15) is 37.4 Å². The Labute approximate surface area is 112 Å². The molecule has 2 N–H and O–H groups in total. The summed E-state index contributed by atoms with van der Waals surface area (Å²) in [6, 6.07) is 0. The summed E-state index contributed by atoms with van der Waals surface area (Å²) in [4.78, 5) is 35.1. The van der Waals surface area contributed by atoms with E-state index in [0.717, 1.165) is 0 Å². The maximum absolute atomic E-state index is 11.7. The Kier molecular flexibility index (Phi) is 5.69. The molecule has 0 saturated heterocycles. The fourth-order valence-electron chi connectivity index (χ4n) is 1.62. The van der Waals surface area contributed by atoms with Crippen molar-refractivity contribution < 1.29 is 9.63 Å². The van der Waals surface area contributed by atoms with Crippen molar-refractivity contribution in [2.45, 2.75) is 40.5 Å². The number of aryl methyl sites for hydroxylation is 2. The second kappa shape index (κ2) is 7.04. The molecule has 1 aromatic heterocycles. The minimum atomic E-state index is -0.236. The fraction of sp³-hybridized carbons (Fsp3) is 0.615. The molecule has 1 rings (SSSR count). The summed E-state index contributed by atoms with van der Waals surface area (Å²) in [5.74, 6) is 0.697. The van der Waals surface area contributed by atoms with Crippen LogP contribution in [-0.4, -0.2) is 22.5 Å². The van der Waals surface area contributed by atoms with Gasteiger partial charge in [-0.15, -0.1) is 0 Å². The van der Waals surface area contributed by atoms with Gasteiger partial charge >= 0.3 is 0 Å². The van der Waals surface area contributed by atoms with Crippen LogP contribution in [0.15, 0.2) is 4.79 Å². The van der Waals surface area contributed by atoms with Crippen molar-refractivity contribution >= 4 is 5.91 Å². The molecule has 106 valence electrons. The van der Waals surface area contributed by atoms with Gasteiger partial charge in [-0.3, -0.25) is 14.4 Å². The molecule has 1 aromatic rings. The van der Waals surface area contributed by atoms with Gasteiger partial charge in [0.2, 0.25) is 5.91 Å². The van der Waals surface area contributed by atoms with Gasteiger partial charge in [0, 0.05) is 17.7 Å². The van der Waals surface area contributed by atoms with Gasteiger partial charge in [0.15, 0.2) is 0 Å². The van der Waals surface area contributed by atoms with Crippen molar-refractivity contribution in [3.05, 3.63) is 27.4 Å². The third-order valence-electron chi connectivity index (χ3n) is 2.55. The molecule has 6 heteroatoms. The highest BCUT2D eigenvalue weighted by Crippen LogP contribution is 2.02. The third-order valence-corrected chi connectivity index (χ3v) is 2.55. The van der Waals surface area contributed by atoms with Gasteiger partial charge in [-0.25, -0.2) is 10.5 Å². The van der Waals surface area contributed by atoms with Crippen LogP contribution >= 0.6 is 0 Å². The number of nitrogens with one attached hydrogen (secondary N) is 2. The monoisotopic (exact) mass is 267 g/mol. The number of carbonyl (C=O) groups is 1. The van der Waals surface area contributed by atoms with Crippen LogP contribution in [-0.2, 0) is 16.1 Å². The highest BCUT2D eigenvalue weighted by molar-refractivity contribution is 5.75. The Morgan fingerprint density at radius 2 is 2.11 bits per heavy atom. The van der Waals surface area contributed by atoms with E-state index in [2.05, 4.69) is 15.4 Å². The number of rotatable bonds is 6. The lowest BCUT2D eigenvalue weighted by Crippen LogP contribution is -2.27. The summed E-state index contributed by atoms with van der Waals surface area (Å²) in [6.45, 7) is 7.95. The molecule has 0 radical (unpaired) electrons. The molecule has 0 spiro atoms. The lowest BCUT2D eigenvalue weighted by molar-refractivity contribution is -0.134. The quantitative estimate of drug-likeness (QED) is 0.754. The van der Waals surface area contributed by atoms with Gasteiger partial charge in [-0.1, -0.05) is 13.8 Å². The maximum Gasteiger partial charge on any atom is 0.254 e. The Balaban J connectivity index is 2.49. The van der Waals surface area contributed by atoms with Crippen molar-refractivity contribution in [1.29, 1.82) is 0 Å². The van der Waals surface area contributed by atoms with Crippen LogP contribution < -0.4 is 11.0 Å². The Hall–Kier alpha value is -1.69. The van der Waals surface area contributed by atoms with Crippen LogP contribution in [0.3, 0.4) is 0 Å². The Bertz CT molecular complexity index is 494. The van der Waals surface area contributed by atoms with Gasteiger partial charge in [-0.05, 0) is 26.2 Å². The van der Waals surface area contributed by atoms with Crippen LogP contribution in [0.25, 0.3) is 0 Å². The lowest BCUT2D eigenvalue weighted by Gasteiger charge is -2.08. The van der Waals surface area contributed by atoms with E-state index in [1.165, 1.54) is 0 Å². The number of amides is 1. The topological polar surface area (TPSA) is 84.1 Å². The number of aromatic amines is 1. The smallest absolute Gasteiger partial charge is 0.254 e. The van der Waals surface area contributed by atoms with Crippen molar-refractivity contribution in [3.63, 3.8) is 0 Å². The number of H-pyrrole nitrogens is 1. The van der Waals surface area contributed by atoms with E-state index >= 15 is 0 Å². The number of hydrogen-bond donors (Lipinski definition) is 2. The molecule has 0 aliphatic heterocycles. The molecule has 1 heterocycles. The molecule has 0 aliphatic carbocycles. The Morgan fingerprint density at radius 3 is 2.68 bits per heavy atom. The van der Waals surface area contributed by atoms with Crippen LogP contribution in [0.5, 0.6) is 0 Å². The fourth-order valence-corrected chi connectivity index (χ4v) is 1.62. The van der Waals surface area contributed by atoms with E-state index < -0.39 is 0 Å². The highest BCUT2D eigenvalue weighted by Gasteiger charge is 2.09. The number of nitrogens with zero attached hydrogens (tertiary/aromatic N) is 1. The molecule has 19 heavy (non-hydrogen) atoms. The number of hydrogen-bond acceptors (Lipinski definition) is 4. The minimum absolute atomic E-state index is 0.180. The first-order chi connectivity index (χ1) is 8.90. The maximum atomic E-state index is 11.7. The van der Waals surface area contributed by atoms with E-state index in [9.17, 15) is 9.59 Å².